The highest BCUT2D eigenvalue weighted by Gasteiger charge is 2.16. The first-order valence-electron chi connectivity index (χ1n) is 9.93. The molecule has 152 valence electrons. The van der Waals surface area contributed by atoms with Gasteiger partial charge in [-0.3, -0.25) is 4.79 Å². The van der Waals surface area contributed by atoms with Gasteiger partial charge in [-0.25, -0.2) is 0 Å². The van der Waals surface area contributed by atoms with Crippen LogP contribution in [-0.2, 0) is 16.6 Å². The van der Waals surface area contributed by atoms with Crippen molar-refractivity contribution in [2.45, 2.75) is 6.92 Å². The molecule has 30 heavy (non-hydrogen) atoms. The number of rotatable bonds is 4. The van der Waals surface area contributed by atoms with Crippen molar-refractivity contribution in [2.24, 2.45) is 12.8 Å². The summed E-state index contributed by atoms with van der Waals surface area (Å²) in [7, 11) is 1.93. The predicted octanol–water partition coefficient (Wildman–Crippen LogP) is 3.46. The van der Waals surface area contributed by atoms with E-state index in [1.54, 1.807) is 6.92 Å². The van der Waals surface area contributed by atoms with Gasteiger partial charge in [0.15, 0.2) is 0 Å². The van der Waals surface area contributed by atoms with Crippen molar-refractivity contribution in [2.75, 3.05) is 31.2 Å². The zero-order chi connectivity index (χ0) is 21.3. The minimum Gasteiger partial charge on any atom is -0.378 e. The number of anilines is 1. The maximum absolute atomic E-state index is 11.5. The van der Waals surface area contributed by atoms with Gasteiger partial charge in [-0.15, -0.1) is 0 Å². The monoisotopic (exact) mass is 400 g/mol. The lowest BCUT2D eigenvalue weighted by molar-refractivity contribution is -0.114. The molecule has 0 spiro atoms. The van der Waals surface area contributed by atoms with E-state index in [4.69, 9.17) is 10.5 Å². The third-order valence-electron chi connectivity index (χ3n) is 5.74. The van der Waals surface area contributed by atoms with Crippen molar-refractivity contribution < 1.29 is 9.53 Å². The number of nitrogens with two attached hydrogens (primary N) is 1. The summed E-state index contributed by atoms with van der Waals surface area (Å²) in [5.74, 6) is -0.709. The molecule has 2 heterocycles. The van der Waals surface area contributed by atoms with E-state index >= 15 is 0 Å². The van der Waals surface area contributed by atoms with Gasteiger partial charge < -0.3 is 19.9 Å². The van der Waals surface area contributed by atoms with E-state index in [2.05, 4.69) is 41.3 Å². The Kier molecular flexibility index (Phi) is 5.30. The van der Waals surface area contributed by atoms with Crippen LogP contribution in [0.4, 0.5) is 5.69 Å². The summed E-state index contributed by atoms with van der Waals surface area (Å²) in [5, 5.41) is 11.6. The molecule has 6 heteroatoms. The van der Waals surface area contributed by atoms with Gasteiger partial charge in [0.05, 0.1) is 13.2 Å². The van der Waals surface area contributed by atoms with Crippen molar-refractivity contribution in [3.8, 4) is 17.3 Å². The lowest BCUT2D eigenvalue weighted by atomic mass is 10.0. The smallest absolute Gasteiger partial charge is 0.259 e. The number of ether oxygens (including phenoxy) is 1. The fraction of sp³-hybridized carbons (Fsp3) is 0.250. The van der Waals surface area contributed by atoms with Crippen LogP contribution in [-0.4, -0.2) is 36.8 Å². The van der Waals surface area contributed by atoms with E-state index < -0.39 is 5.91 Å². The number of aromatic nitrogens is 1. The zero-order valence-electron chi connectivity index (χ0n) is 17.2. The lowest BCUT2D eigenvalue weighted by Crippen LogP contribution is -2.36. The van der Waals surface area contributed by atoms with Crippen LogP contribution in [0.15, 0.2) is 54.1 Å². The first-order chi connectivity index (χ1) is 14.5. The highest BCUT2D eigenvalue weighted by molar-refractivity contribution is 6.03. The first kappa shape index (κ1) is 19.7. The maximum Gasteiger partial charge on any atom is 0.259 e. The minimum atomic E-state index is -0.709. The molecule has 0 radical (unpaired) electrons. The molecule has 0 atom stereocenters. The Morgan fingerprint density at radius 1 is 1.07 bits per heavy atom. The highest BCUT2D eigenvalue weighted by atomic mass is 16.5. The summed E-state index contributed by atoms with van der Waals surface area (Å²) in [5.41, 5.74) is 9.99. The lowest BCUT2D eigenvalue weighted by Gasteiger charge is -2.29. The van der Waals surface area contributed by atoms with Gasteiger partial charge in [-0.05, 0) is 59.2 Å². The number of morpholine rings is 1. The first-order valence-corrected chi connectivity index (χ1v) is 9.93. The van der Waals surface area contributed by atoms with Crippen LogP contribution < -0.4 is 10.6 Å². The van der Waals surface area contributed by atoms with Crippen molar-refractivity contribution in [1.29, 1.82) is 5.26 Å². The van der Waals surface area contributed by atoms with Crippen LogP contribution in [0.2, 0.25) is 0 Å². The Morgan fingerprint density at radius 3 is 2.47 bits per heavy atom. The van der Waals surface area contributed by atoms with E-state index in [-0.39, 0.29) is 5.57 Å². The van der Waals surface area contributed by atoms with E-state index in [0.29, 0.717) is 5.57 Å². The topological polar surface area (TPSA) is 84.3 Å². The van der Waals surface area contributed by atoms with Gasteiger partial charge in [-0.2, -0.15) is 5.26 Å². The van der Waals surface area contributed by atoms with Gasteiger partial charge in [0.1, 0.15) is 11.6 Å². The Bertz CT molecular complexity index is 1190. The second-order valence-electron chi connectivity index (χ2n) is 7.48. The van der Waals surface area contributed by atoms with Gasteiger partial charge >= 0.3 is 0 Å². The molecule has 4 rings (SSSR count). The number of hydrogen-bond acceptors (Lipinski definition) is 4. The molecule has 1 saturated heterocycles. The van der Waals surface area contributed by atoms with Crippen molar-refractivity contribution >= 4 is 27.9 Å². The number of nitriles is 1. The van der Waals surface area contributed by atoms with Gasteiger partial charge in [-0.1, -0.05) is 18.2 Å². The van der Waals surface area contributed by atoms with Crippen LogP contribution in [0.5, 0.6) is 0 Å². The molecule has 1 amide bonds. The number of allylic oxidation sites excluding steroid dienone is 1. The van der Waals surface area contributed by atoms with Crippen LogP contribution >= 0.6 is 0 Å². The number of carbonyl (C=O) groups excluding carboxylic acids is 1. The molecular weight excluding hydrogens is 376 g/mol. The molecule has 0 bridgehead atoms. The quantitative estimate of drug-likeness (QED) is 0.537. The fourth-order valence-corrected chi connectivity index (χ4v) is 4.04. The van der Waals surface area contributed by atoms with Crippen molar-refractivity contribution in [3.63, 3.8) is 0 Å². The Hall–Kier alpha value is -3.56. The summed E-state index contributed by atoms with van der Waals surface area (Å²) in [6.45, 7) is 5.11. The standard InChI is InChI=1S/C24H24N4O2/c1-16(21(15-25)24(26)29)22-7-8-23(27(22)2)19-4-3-18-14-20(6-5-17(18)13-19)28-9-11-30-12-10-28/h3-8,13-14H,9-12H2,1-2H3,(H2,26,29). The molecule has 0 aliphatic carbocycles. The van der Waals surface area contributed by atoms with E-state index in [9.17, 15) is 10.1 Å². The number of carbonyl (C=O) groups is 1. The Labute approximate surface area is 175 Å². The molecule has 2 N–H and O–H groups in total. The van der Waals surface area contributed by atoms with E-state index in [1.165, 1.54) is 11.1 Å². The zero-order valence-corrected chi connectivity index (χ0v) is 17.2. The van der Waals surface area contributed by atoms with Gasteiger partial charge in [0.2, 0.25) is 0 Å². The number of hydrogen-bond donors (Lipinski definition) is 1. The molecule has 1 aliphatic rings. The average Bonchev–Trinajstić information content (AvgIpc) is 3.15. The van der Waals surface area contributed by atoms with Crippen LogP contribution in [0.25, 0.3) is 27.6 Å². The second kappa shape index (κ2) is 8.05. The van der Waals surface area contributed by atoms with Gasteiger partial charge in [0, 0.05) is 37.2 Å². The van der Waals surface area contributed by atoms with Crippen LogP contribution in [0.3, 0.4) is 0 Å². The SMILES string of the molecule is CC(=C(C#N)C(N)=O)c1ccc(-c2ccc3cc(N4CCOCC4)ccc3c2)n1C. The predicted molar refractivity (Wildman–Crippen MR) is 119 cm³/mol. The number of nitrogens with zero attached hydrogens (tertiary/aromatic N) is 3. The molecule has 0 saturated carbocycles. The molecule has 1 aliphatic heterocycles. The minimum absolute atomic E-state index is 0.0168. The summed E-state index contributed by atoms with van der Waals surface area (Å²) in [6.07, 6.45) is 0. The highest BCUT2D eigenvalue weighted by Crippen LogP contribution is 2.30. The normalized spacial score (nSPS) is 15.0. The number of primary amides is 1. The van der Waals surface area contributed by atoms with E-state index in [1.807, 2.05) is 29.8 Å². The third-order valence-corrected chi connectivity index (χ3v) is 5.74. The summed E-state index contributed by atoms with van der Waals surface area (Å²) >= 11 is 0. The largest absolute Gasteiger partial charge is 0.378 e. The van der Waals surface area contributed by atoms with E-state index in [0.717, 1.165) is 48.6 Å². The summed E-state index contributed by atoms with van der Waals surface area (Å²) < 4.78 is 7.43. The number of benzene rings is 2. The Morgan fingerprint density at radius 2 is 1.77 bits per heavy atom. The Balaban J connectivity index is 1.70. The van der Waals surface area contributed by atoms with Gasteiger partial charge in [0.25, 0.3) is 5.91 Å². The fourth-order valence-electron chi connectivity index (χ4n) is 4.04. The molecule has 3 aromatic rings. The average molecular weight is 400 g/mol. The van der Waals surface area contributed by atoms with Crippen molar-refractivity contribution in [3.05, 3.63) is 59.8 Å². The van der Waals surface area contributed by atoms with Crippen molar-refractivity contribution in [1.82, 2.24) is 4.57 Å². The molecule has 1 aromatic heterocycles. The number of fused-ring (bicyclic) bond motifs is 1. The molecular formula is C24H24N4O2. The number of amides is 1. The molecule has 0 unspecified atom stereocenters. The maximum atomic E-state index is 11.5. The molecule has 1 fully saturated rings. The van der Waals surface area contributed by atoms with Crippen LogP contribution in [0, 0.1) is 11.3 Å². The second-order valence-corrected chi connectivity index (χ2v) is 7.48. The summed E-state index contributed by atoms with van der Waals surface area (Å²) in [6, 6.07) is 18.8. The summed E-state index contributed by atoms with van der Waals surface area (Å²) in [4.78, 5) is 13.9. The molecule has 6 nitrogen and oxygen atoms in total. The third kappa shape index (κ3) is 3.56. The molecule has 2 aromatic carbocycles. The van der Waals surface area contributed by atoms with Crippen LogP contribution in [0.1, 0.15) is 12.6 Å².